The maximum atomic E-state index is 12.0. The van der Waals surface area contributed by atoms with Crippen LogP contribution in [-0.2, 0) is 14.3 Å². The zero-order chi connectivity index (χ0) is 13.0. The Morgan fingerprint density at radius 1 is 1.47 bits per heavy atom. The van der Waals surface area contributed by atoms with E-state index in [4.69, 9.17) is 9.84 Å². The summed E-state index contributed by atoms with van der Waals surface area (Å²) in [5.74, 6) is -1.52. The van der Waals surface area contributed by atoms with Crippen LogP contribution < -0.4 is 5.32 Å². The third-order valence-corrected chi connectivity index (χ3v) is 3.18. The van der Waals surface area contributed by atoms with Gasteiger partial charge in [0.05, 0.1) is 12.0 Å². The molecule has 1 saturated heterocycles. The minimum absolute atomic E-state index is 0.0726. The number of carbonyl (C=O) groups is 2. The number of ether oxygens (including phenoxy) is 1. The number of nitrogens with one attached hydrogen (secondary N) is 1. The van der Waals surface area contributed by atoms with Crippen LogP contribution in [0.1, 0.15) is 33.6 Å². The Kier molecular flexibility index (Phi) is 4.93. The Morgan fingerprint density at radius 2 is 2.12 bits per heavy atom. The molecule has 1 amide bonds. The van der Waals surface area contributed by atoms with Crippen molar-refractivity contribution in [3.05, 3.63) is 0 Å². The number of hydrogen-bond donors (Lipinski definition) is 2. The highest BCUT2D eigenvalue weighted by molar-refractivity contribution is 5.85. The van der Waals surface area contributed by atoms with Crippen LogP contribution >= 0.6 is 0 Å². The highest BCUT2D eigenvalue weighted by Crippen LogP contribution is 2.23. The van der Waals surface area contributed by atoms with E-state index in [-0.39, 0.29) is 23.8 Å². The van der Waals surface area contributed by atoms with Gasteiger partial charge in [-0.2, -0.15) is 0 Å². The smallest absolute Gasteiger partial charge is 0.326 e. The Bertz CT molecular complexity index is 290. The Hall–Kier alpha value is -1.10. The lowest BCUT2D eigenvalue weighted by atomic mass is 9.97. The molecule has 1 heterocycles. The van der Waals surface area contributed by atoms with Crippen LogP contribution in [0.25, 0.3) is 0 Å². The normalized spacial score (nSPS) is 25.9. The van der Waals surface area contributed by atoms with E-state index in [1.165, 1.54) is 0 Å². The lowest BCUT2D eigenvalue weighted by molar-refractivity contribution is -0.144. The SMILES string of the molecule is CCC1OCCC1C(=O)N[C@@H](C(=O)O)C(C)C. The van der Waals surface area contributed by atoms with Gasteiger partial charge in [0, 0.05) is 6.61 Å². The van der Waals surface area contributed by atoms with Crippen molar-refractivity contribution >= 4 is 11.9 Å². The molecule has 2 N–H and O–H groups in total. The monoisotopic (exact) mass is 243 g/mol. The van der Waals surface area contributed by atoms with Gasteiger partial charge in [-0.15, -0.1) is 0 Å². The lowest BCUT2D eigenvalue weighted by Crippen LogP contribution is -2.47. The molecule has 17 heavy (non-hydrogen) atoms. The second-order valence-electron chi connectivity index (χ2n) is 4.78. The van der Waals surface area contributed by atoms with E-state index in [9.17, 15) is 9.59 Å². The third kappa shape index (κ3) is 3.43. The number of carboxylic acid groups (broad SMARTS) is 1. The summed E-state index contributed by atoms with van der Waals surface area (Å²) in [6.07, 6.45) is 1.38. The molecular formula is C12H21NO4. The molecule has 1 aliphatic heterocycles. The topological polar surface area (TPSA) is 75.6 Å². The average molecular weight is 243 g/mol. The van der Waals surface area contributed by atoms with Crippen molar-refractivity contribution in [2.45, 2.75) is 45.8 Å². The van der Waals surface area contributed by atoms with Crippen LogP contribution in [-0.4, -0.2) is 35.7 Å². The molecule has 2 unspecified atom stereocenters. The fraction of sp³-hybridized carbons (Fsp3) is 0.833. The number of aliphatic carboxylic acids is 1. The maximum Gasteiger partial charge on any atom is 0.326 e. The van der Waals surface area contributed by atoms with Crippen molar-refractivity contribution in [1.29, 1.82) is 0 Å². The van der Waals surface area contributed by atoms with Gasteiger partial charge in [-0.1, -0.05) is 20.8 Å². The molecule has 0 saturated carbocycles. The van der Waals surface area contributed by atoms with Crippen molar-refractivity contribution in [1.82, 2.24) is 5.32 Å². The van der Waals surface area contributed by atoms with Crippen LogP contribution in [0.2, 0.25) is 0 Å². The minimum atomic E-state index is -0.986. The van der Waals surface area contributed by atoms with Crippen molar-refractivity contribution < 1.29 is 19.4 Å². The lowest BCUT2D eigenvalue weighted by Gasteiger charge is -2.22. The molecule has 0 aromatic heterocycles. The van der Waals surface area contributed by atoms with E-state index >= 15 is 0 Å². The standard InChI is InChI=1S/C12H21NO4/c1-4-9-8(5-6-17-9)11(14)13-10(7(2)3)12(15)16/h7-10H,4-6H2,1-3H3,(H,13,14)(H,15,16)/t8?,9?,10-/m1/s1. The first-order valence-corrected chi connectivity index (χ1v) is 6.12. The van der Waals surface area contributed by atoms with Gasteiger partial charge in [0.25, 0.3) is 0 Å². The summed E-state index contributed by atoms with van der Waals surface area (Å²) >= 11 is 0. The van der Waals surface area contributed by atoms with Crippen molar-refractivity contribution in [2.24, 2.45) is 11.8 Å². The van der Waals surface area contributed by atoms with E-state index in [1.54, 1.807) is 13.8 Å². The van der Waals surface area contributed by atoms with E-state index in [1.807, 2.05) is 6.92 Å². The summed E-state index contributed by atoms with van der Waals surface area (Å²) in [6, 6.07) is -0.819. The van der Waals surface area contributed by atoms with Crippen molar-refractivity contribution in [2.75, 3.05) is 6.61 Å². The number of carbonyl (C=O) groups excluding carboxylic acids is 1. The van der Waals surface area contributed by atoms with E-state index < -0.39 is 12.0 Å². The number of amides is 1. The Labute approximate surface area is 102 Å². The molecule has 0 bridgehead atoms. The maximum absolute atomic E-state index is 12.0. The predicted molar refractivity (Wildman–Crippen MR) is 62.5 cm³/mol. The fourth-order valence-electron chi connectivity index (χ4n) is 2.12. The first-order valence-electron chi connectivity index (χ1n) is 6.12. The molecule has 0 aromatic carbocycles. The van der Waals surface area contributed by atoms with E-state index in [0.717, 1.165) is 6.42 Å². The van der Waals surface area contributed by atoms with Gasteiger partial charge >= 0.3 is 5.97 Å². The molecule has 98 valence electrons. The minimum Gasteiger partial charge on any atom is -0.480 e. The molecule has 0 spiro atoms. The Morgan fingerprint density at radius 3 is 2.59 bits per heavy atom. The molecule has 0 radical (unpaired) electrons. The fourth-order valence-corrected chi connectivity index (χ4v) is 2.12. The first kappa shape index (κ1) is 14.0. The first-order chi connectivity index (χ1) is 7.97. The summed E-state index contributed by atoms with van der Waals surface area (Å²) in [5.41, 5.74) is 0. The van der Waals surface area contributed by atoms with Crippen LogP contribution in [0.4, 0.5) is 0 Å². The van der Waals surface area contributed by atoms with Gasteiger partial charge in [0.15, 0.2) is 0 Å². The number of hydrogen-bond acceptors (Lipinski definition) is 3. The van der Waals surface area contributed by atoms with Crippen LogP contribution in [0.15, 0.2) is 0 Å². The van der Waals surface area contributed by atoms with Gasteiger partial charge in [0.1, 0.15) is 6.04 Å². The molecule has 5 nitrogen and oxygen atoms in total. The average Bonchev–Trinajstić information content (AvgIpc) is 2.72. The van der Waals surface area contributed by atoms with Gasteiger partial charge in [-0.25, -0.2) is 4.79 Å². The third-order valence-electron chi connectivity index (χ3n) is 3.18. The Balaban J connectivity index is 2.61. The summed E-state index contributed by atoms with van der Waals surface area (Å²) in [6.45, 7) is 6.10. The van der Waals surface area contributed by atoms with Crippen molar-refractivity contribution in [3.8, 4) is 0 Å². The number of carboxylic acids is 1. The summed E-state index contributed by atoms with van der Waals surface area (Å²) in [4.78, 5) is 23.0. The number of rotatable bonds is 5. The molecule has 5 heteroatoms. The predicted octanol–water partition coefficient (Wildman–Crippen LogP) is 1.03. The molecule has 1 fully saturated rings. The van der Waals surface area contributed by atoms with Crippen LogP contribution in [0.5, 0.6) is 0 Å². The summed E-state index contributed by atoms with van der Waals surface area (Å²) in [5, 5.41) is 11.6. The molecular weight excluding hydrogens is 222 g/mol. The molecule has 0 aliphatic carbocycles. The van der Waals surface area contributed by atoms with Gasteiger partial charge < -0.3 is 15.2 Å². The molecule has 3 atom stereocenters. The second kappa shape index (κ2) is 6.00. The second-order valence-corrected chi connectivity index (χ2v) is 4.78. The highest BCUT2D eigenvalue weighted by atomic mass is 16.5. The quantitative estimate of drug-likeness (QED) is 0.756. The van der Waals surface area contributed by atoms with Gasteiger partial charge in [-0.05, 0) is 18.8 Å². The van der Waals surface area contributed by atoms with E-state index in [2.05, 4.69) is 5.32 Å². The van der Waals surface area contributed by atoms with E-state index in [0.29, 0.717) is 13.0 Å². The largest absolute Gasteiger partial charge is 0.480 e. The van der Waals surface area contributed by atoms with Crippen LogP contribution in [0, 0.1) is 11.8 Å². The molecule has 0 aromatic rings. The summed E-state index contributed by atoms with van der Waals surface area (Å²) in [7, 11) is 0. The molecule has 1 aliphatic rings. The summed E-state index contributed by atoms with van der Waals surface area (Å²) < 4.78 is 5.43. The zero-order valence-electron chi connectivity index (χ0n) is 10.6. The van der Waals surface area contributed by atoms with Gasteiger partial charge in [0.2, 0.25) is 5.91 Å². The molecule has 1 rings (SSSR count). The van der Waals surface area contributed by atoms with Crippen LogP contribution in [0.3, 0.4) is 0 Å². The van der Waals surface area contributed by atoms with Gasteiger partial charge in [-0.3, -0.25) is 4.79 Å². The zero-order valence-corrected chi connectivity index (χ0v) is 10.6. The van der Waals surface area contributed by atoms with Crippen molar-refractivity contribution in [3.63, 3.8) is 0 Å². The highest BCUT2D eigenvalue weighted by Gasteiger charge is 2.35.